The number of carbonyl (C=O) groups is 1. The van der Waals surface area contributed by atoms with Crippen LogP contribution in [0.2, 0.25) is 0 Å². The summed E-state index contributed by atoms with van der Waals surface area (Å²) in [6.45, 7) is -3.08. The quantitative estimate of drug-likeness (QED) is 0.313. The molecule has 1 saturated heterocycles. The molecule has 2 aromatic rings. The second kappa shape index (κ2) is 8.26. The molecule has 0 bridgehead atoms. The zero-order chi connectivity index (χ0) is 25.6. The van der Waals surface area contributed by atoms with Crippen LogP contribution < -0.4 is 15.6 Å². The van der Waals surface area contributed by atoms with Crippen LogP contribution in [0.25, 0.3) is 11.2 Å². The Balaban J connectivity index is 1.81. The number of fused-ring (bicyclic) bond motifs is 1. The summed E-state index contributed by atoms with van der Waals surface area (Å²) in [5, 5.41) is 20.9. The molecule has 2 aromatic heterocycles. The number of rotatable bonds is 8. The third-order valence-electron chi connectivity index (χ3n) is 4.52. The SMILES string of the molecule is [2H]C([2H])([2H])[C@H](NP(=O)(O)OC[C@H]1O[C@@H](n2cnc3c(OC)nc(N)nc32)[C@](C)(F)[C@@H]1O)C(=O)O. The van der Waals surface area contributed by atoms with Crippen molar-refractivity contribution in [3.63, 3.8) is 0 Å². The minimum atomic E-state index is -5.03. The van der Waals surface area contributed by atoms with Crippen LogP contribution in [0, 0.1) is 0 Å². The predicted molar refractivity (Wildman–Crippen MR) is 102 cm³/mol. The van der Waals surface area contributed by atoms with Gasteiger partial charge in [-0.15, -0.1) is 0 Å². The number of hydrogen-bond acceptors (Lipinski definition) is 10. The van der Waals surface area contributed by atoms with Gasteiger partial charge in [0.25, 0.3) is 0 Å². The number of aliphatic hydroxyl groups excluding tert-OH is 1. The molecule has 1 fully saturated rings. The number of carboxylic acids is 1. The van der Waals surface area contributed by atoms with Crippen molar-refractivity contribution in [1.82, 2.24) is 24.6 Å². The number of nitrogens with one attached hydrogen (secondary N) is 1. The lowest BCUT2D eigenvalue weighted by atomic mass is 9.98. The van der Waals surface area contributed by atoms with Gasteiger partial charge < -0.3 is 30.3 Å². The maximum Gasteiger partial charge on any atom is 0.403 e. The molecule has 0 radical (unpaired) electrons. The van der Waals surface area contributed by atoms with Gasteiger partial charge in [0.15, 0.2) is 23.1 Å². The number of carboxylic acid groups (broad SMARTS) is 1. The average Bonchev–Trinajstić information content (AvgIpc) is 3.22. The van der Waals surface area contributed by atoms with Crippen LogP contribution in [-0.4, -0.2) is 78.2 Å². The minimum absolute atomic E-state index is 0.00905. The lowest BCUT2D eigenvalue weighted by Crippen LogP contribution is -2.41. The molecule has 0 aliphatic carbocycles. The molecule has 0 aromatic carbocycles. The molecular weight excluding hydrogens is 442 g/mol. The number of nitrogen functional groups attached to an aromatic ring is 1. The summed E-state index contributed by atoms with van der Waals surface area (Å²) >= 11 is 0. The predicted octanol–water partition coefficient (Wildman–Crippen LogP) is -0.417. The van der Waals surface area contributed by atoms with Crippen LogP contribution in [0.1, 0.15) is 24.1 Å². The highest BCUT2D eigenvalue weighted by molar-refractivity contribution is 7.50. The summed E-state index contributed by atoms with van der Waals surface area (Å²) in [6, 6.07) is -2.42. The van der Waals surface area contributed by atoms with Crippen molar-refractivity contribution in [2.24, 2.45) is 0 Å². The van der Waals surface area contributed by atoms with E-state index in [1.807, 2.05) is 0 Å². The second-order valence-corrected chi connectivity index (χ2v) is 8.31. The number of anilines is 1. The molecule has 31 heavy (non-hydrogen) atoms. The lowest BCUT2D eigenvalue weighted by molar-refractivity contribution is -0.138. The Morgan fingerprint density at radius 3 is 2.94 bits per heavy atom. The maximum atomic E-state index is 15.5. The molecular formula is C15H22FN6O8P. The van der Waals surface area contributed by atoms with Gasteiger partial charge in [0.1, 0.15) is 18.2 Å². The number of nitrogens with two attached hydrogens (primary N) is 1. The highest BCUT2D eigenvalue weighted by atomic mass is 31.2. The Hall–Kier alpha value is -2.42. The maximum absolute atomic E-state index is 15.5. The van der Waals surface area contributed by atoms with E-state index >= 15 is 4.39 Å². The fourth-order valence-electron chi connectivity index (χ4n) is 3.00. The first kappa shape index (κ1) is 19.3. The Labute approximate surface area is 179 Å². The Morgan fingerprint density at radius 2 is 2.32 bits per heavy atom. The molecule has 3 rings (SSSR count). The normalized spacial score (nSPS) is 30.9. The van der Waals surface area contributed by atoms with Crippen molar-refractivity contribution < 1.29 is 47.0 Å². The number of aliphatic hydroxyl groups is 1. The van der Waals surface area contributed by atoms with Crippen LogP contribution in [-0.2, 0) is 18.6 Å². The first-order chi connectivity index (χ1) is 15.6. The number of nitrogens with zero attached hydrogens (tertiary/aromatic N) is 4. The molecule has 0 saturated carbocycles. The molecule has 6 atom stereocenters. The third kappa shape index (κ3) is 4.46. The fourth-order valence-corrected chi connectivity index (χ4v) is 3.86. The molecule has 0 amide bonds. The zero-order valence-corrected chi connectivity index (χ0v) is 17.1. The number of imidazole rings is 1. The van der Waals surface area contributed by atoms with E-state index in [9.17, 15) is 19.4 Å². The first-order valence-corrected chi connectivity index (χ1v) is 10.2. The molecule has 3 heterocycles. The van der Waals surface area contributed by atoms with Crippen molar-refractivity contribution in [1.29, 1.82) is 0 Å². The van der Waals surface area contributed by atoms with Gasteiger partial charge in [-0.1, -0.05) is 0 Å². The monoisotopic (exact) mass is 467 g/mol. The highest BCUT2D eigenvalue weighted by Crippen LogP contribution is 2.45. The first-order valence-electron chi connectivity index (χ1n) is 10.1. The Bertz CT molecular complexity index is 1130. The minimum Gasteiger partial charge on any atom is -0.480 e. The number of aliphatic carboxylic acids is 1. The summed E-state index contributed by atoms with van der Waals surface area (Å²) in [6.07, 6.45) is -3.84. The van der Waals surface area contributed by atoms with Crippen molar-refractivity contribution in [2.45, 2.75) is 43.9 Å². The second-order valence-electron chi connectivity index (χ2n) is 6.75. The molecule has 1 aliphatic heterocycles. The Morgan fingerprint density at radius 1 is 1.61 bits per heavy atom. The molecule has 16 heteroatoms. The molecule has 1 unspecified atom stereocenters. The number of alkyl halides is 1. The molecule has 0 spiro atoms. The van der Waals surface area contributed by atoms with Crippen LogP contribution in [0.3, 0.4) is 0 Å². The van der Waals surface area contributed by atoms with Crippen molar-refractivity contribution in [2.75, 3.05) is 19.5 Å². The third-order valence-corrected chi connectivity index (χ3v) is 5.61. The smallest absolute Gasteiger partial charge is 0.403 e. The molecule has 14 nitrogen and oxygen atoms in total. The molecule has 172 valence electrons. The van der Waals surface area contributed by atoms with Gasteiger partial charge in [0.2, 0.25) is 11.8 Å². The largest absolute Gasteiger partial charge is 0.480 e. The van der Waals surface area contributed by atoms with Crippen LogP contribution >= 0.6 is 7.75 Å². The standard InChI is InChI=1S/C15H22FN6O8P/c1-6(12(24)25)21-31(26,27)29-4-7-9(23)15(2,16)13(30-7)22-5-18-8-10(22)19-14(17)20-11(8)28-3/h5-7,9,13,23H,4H2,1-3H3,(H,24,25)(H2,17,19,20)(H2,21,26,27)/t6-,7+,9+,13+,15+/m0/s1/i1D3. The average molecular weight is 467 g/mol. The van der Waals surface area contributed by atoms with E-state index in [0.717, 1.165) is 17.8 Å². The van der Waals surface area contributed by atoms with Crippen molar-refractivity contribution in [3.05, 3.63) is 6.33 Å². The van der Waals surface area contributed by atoms with Crippen LogP contribution in [0.4, 0.5) is 10.3 Å². The van der Waals surface area contributed by atoms with E-state index < -0.39 is 57.3 Å². The number of halogens is 1. The summed E-state index contributed by atoms with van der Waals surface area (Å²) < 4.78 is 65.6. The number of hydrogen-bond donors (Lipinski definition) is 5. The van der Waals surface area contributed by atoms with E-state index in [-0.39, 0.29) is 23.0 Å². The van der Waals surface area contributed by atoms with Gasteiger partial charge in [0.05, 0.1) is 20.0 Å². The van der Waals surface area contributed by atoms with Gasteiger partial charge in [-0.2, -0.15) is 9.97 Å². The van der Waals surface area contributed by atoms with Crippen molar-refractivity contribution >= 4 is 30.8 Å². The topological polar surface area (TPSA) is 204 Å². The summed E-state index contributed by atoms with van der Waals surface area (Å²) in [5.74, 6) is -2.12. The number of methoxy groups -OCH3 is 1. The summed E-state index contributed by atoms with van der Waals surface area (Å²) in [4.78, 5) is 32.9. The number of aromatic nitrogens is 4. The Kier molecular flexibility index (Phi) is 5.13. The zero-order valence-electron chi connectivity index (χ0n) is 19.2. The van der Waals surface area contributed by atoms with Crippen LogP contribution in [0.15, 0.2) is 6.33 Å². The van der Waals surface area contributed by atoms with Crippen molar-refractivity contribution in [3.8, 4) is 5.88 Å². The summed E-state index contributed by atoms with van der Waals surface area (Å²) in [5.41, 5.74) is 3.29. The number of ether oxygens (including phenoxy) is 2. The summed E-state index contributed by atoms with van der Waals surface area (Å²) in [7, 11) is -3.72. The van der Waals surface area contributed by atoms with Gasteiger partial charge in [-0.25, -0.2) is 19.0 Å². The van der Waals surface area contributed by atoms with Gasteiger partial charge >= 0.3 is 13.7 Å². The van der Waals surface area contributed by atoms with Gasteiger partial charge in [-0.05, 0) is 13.8 Å². The van der Waals surface area contributed by atoms with Gasteiger partial charge in [-0.3, -0.25) is 13.9 Å². The van der Waals surface area contributed by atoms with E-state index in [1.54, 1.807) is 0 Å². The van der Waals surface area contributed by atoms with E-state index in [4.69, 9.17) is 28.9 Å². The molecule has 6 N–H and O–H groups in total. The van der Waals surface area contributed by atoms with E-state index in [2.05, 4.69) is 15.0 Å². The fraction of sp³-hybridized carbons (Fsp3) is 0.600. The molecule has 1 aliphatic rings. The van der Waals surface area contributed by atoms with E-state index in [0.29, 0.717) is 0 Å². The highest BCUT2D eigenvalue weighted by Gasteiger charge is 2.55. The van der Waals surface area contributed by atoms with Gasteiger partial charge in [0, 0.05) is 4.11 Å². The lowest BCUT2D eigenvalue weighted by Gasteiger charge is -2.24. The van der Waals surface area contributed by atoms with E-state index in [1.165, 1.54) is 12.2 Å². The van der Waals surface area contributed by atoms with Crippen LogP contribution in [0.5, 0.6) is 5.88 Å².